The Morgan fingerprint density at radius 2 is 1.50 bits per heavy atom. The summed E-state index contributed by atoms with van der Waals surface area (Å²) in [6.07, 6.45) is 8.36. The van der Waals surface area contributed by atoms with Crippen LogP contribution in [0.2, 0.25) is 0 Å². The average molecular weight is 721 g/mol. The van der Waals surface area contributed by atoms with E-state index < -0.39 is 0 Å². The van der Waals surface area contributed by atoms with Crippen molar-refractivity contribution in [3.63, 3.8) is 0 Å². The molecule has 0 radical (unpaired) electrons. The second kappa shape index (κ2) is 16.1. The summed E-state index contributed by atoms with van der Waals surface area (Å²) in [5.74, 6) is 0. The molecule has 0 aromatic heterocycles. The fraction of sp³-hybridized carbons (Fsp3) is 0.300. The number of rotatable bonds is 2. The van der Waals surface area contributed by atoms with Crippen molar-refractivity contribution < 1.29 is 49.0 Å². The molecular formula is C40H43Cl3Zr-2. The van der Waals surface area contributed by atoms with E-state index in [0.29, 0.717) is 0 Å². The molecule has 44 heavy (non-hydrogen) atoms. The third kappa shape index (κ3) is 9.56. The van der Waals surface area contributed by atoms with Gasteiger partial charge in [0.2, 0.25) is 0 Å². The summed E-state index contributed by atoms with van der Waals surface area (Å²) in [6, 6.07) is 33.4. The Bertz CT molecular complexity index is 1500. The Morgan fingerprint density at radius 1 is 0.864 bits per heavy atom. The molecule has 1 atom stereocenters. The topological polar surface area (TPSA) is 0 Å². The van der Waals surface area contributed by atoms with E-state index in [1.54, 1.807) is 0 Å². The minimum Gasteiger partial charge on any atom is -1.00 e. The summed E-state index contributed by atoms with van der Waals surface area (Å²) in [6.45, 7) is 15.8. The zero-order valence-corrected chi connectivity index (χ0v) is 31.7. The van der Waals surface area contributed by atoms with Crippen molar-refractivity contribution in [1.29, 1.82) is 0 Å². The maximum Gasteiger partial charge on any atom is -0.172 e. The molecule has 0 bridgehead atoms. The molecule has 0 N–H and O–H groups in total. The van der Waals surface area contributed by atoms with E-state index in [0.717, 1.165) is 12.8 Å². The van der Waals surface area contributed by atoms with E-state index in [-0.39, 0.29) is 40.5 Å². The smallest absolute Gasteiger partial charge is 0.172 e. The second-order valence-electron chi connectivity index (χ2n) is 13.4. The minimum absolute atomic E-state index is 0. The fourth-order valence-electron chi connectivity index (χ4n) is 5.28. The van der Waals surface area contributed by atoms with Crippen molar-refractivity contribution in [3.8, 4) is 11.1 Å². The van der Waals surface area contributed by atoms with Gasteiger partial charge in [-0.3, -0.25) is 0 Å². The number of allylic oxidation sites excluding steroid dienone is 4. The van der Waals surface area contributed by atoms with Gasteiger partial charge in [-0.15, -0.1) is 5.56 Å². The minimum atomic E-state index is -0.353. The predicted octanol–water partition coefficient (Wildman–Crippen LogP) is 4.73. The van der Waals surface area contributed by atoms with Gasteiger partial charge in [-0.2, -0.15) is 47.5 Å². The van der Waals surface area contributed by atoms with Crippen molar-refractivity contribution in [3.05, 3.63) is 148 Å². The molecule has 0 fully saturated rings. The quantitative estimate of drug-likeness (QED) is 0.183. The number of alkyl halides is 1. The molecule has 0 spiro atoms. The molecule has 0 amide bonds. The van der Waals surface area contributed by atoms with Crippen LogP contribution in [0.4, 0.5) is 0 Å². The Balaban J connectivity index is 0.000000260. The summed E-state index contributed by atoms with van der Waals surface area (Å²) in [7, 11) is 0. The number of hydrogen-bond donors (Lipinski definition) is 0. The number of benzene rings is 3. The molecule has 230 valence electrons. The number of fused-ring (bicyclic) bond motifs is 3. The standard InChI is InChI=1S/C21H25.C14H13Cl.C5H5.2ClH.Zr/c1-20(2,3)16-9-7-14-11-15-8-10-17(21(4,5)6)13-19(15)18(14)12-16;1-11-7-9-14(15,10-8-11)13-6-4-3-5-12(13)2;1-2-4-5-3-1;;;/h7,9-10,12-13H,11H2,1-6H3;1,3-9H,10H2,2H3;1-5H;2*1H;/q-1;;-1;;;+2/p-2. The molecule has 2 aliphatic carbocycles. The van der Waals surface area contributed by atoms with Gasteiger partial charge in [0.05, 0.1) is 0 Å². The molecule has 0 saturated carbocycles. The van der Waals surface area contributed by atoms with Crippen LogP contribution in [0, 0.1) is 13.0 Å². The van der Waals surface area contributed by atoms with Crippen molar-refractivity contribution in [2.75, 3.05) is 0 Å². The van der Waals surface area contributed by atoms with Crippen LogP contribution in [-0.2, 0) is 46.4 Å². The first-order chi connectivity index (χ1) is 19.8. The van der Waals surface area contributed by atoms with Gasteiger partial charge in [-0.1, -0.05) is 76.3 Å². The van der Waals surface area contributed by atoms with Gasteiger partial charge < -0.3 is 24.8 Å². The van der Waals surface area contributed by atoms with Gasteiger partial charge in [0.1, 0.15) is 0 Å². The molecule has 0 aliphatic heterocycles. The van der Waals surface area contributed by atoms with Crippen LogP contribution in [0.5, 0.6) is 0 Å². The molecule has 1 unspecified atom stereocenters. The van der Waals surface area contributed by atoms with E-state index in [1.165, 1.54) is 74.3 Å². The van der Waals surface area contributed by atoms with Crippen LogP contribution in [0.1, 0.15) is 81.3 Å². The van der Waals surface area contributed by atoms with Crippen molar-refractivity contribution in [2.45, 2.75) is 77.0 Å². The van der Waals surface area contributed by atoms with Crippen molar-refractivity contribution >= 4 is 15.3 Å². The first-order valence-electron chi connectivity index (χ1n) is 14.8. The Labute approximate surface area is 298 Å². The van der Waals surface area contributed by atoms with Gasteiger partial charge in [-0.25, -0.2) is 12.1 Å². The normalized spacial score (nSPS) is 16.4. The maximum atomic E-state index is 6.69. The summed E-state index contributed by atoms with van der Waals surface area (Å²) >= 11 is 8.12. The number of halogens is 3. The third-order valence-corrected chi connectivity index (χ3v) is 9.32. The number of aryl methyl sites for hydroxylation is 1. The van der Waals surface area contributed by atoms with Gasteiger partial charge in [0.25, 0.3) is 0 Å². The summed E-state index contributed by atoms with van der Waals surface area (Å²) in [4.78, 5) is -0.353. The van der Waals surface area contributed by atoms with Gasteiger partial charge in [0, 0.05) is 0 Å². The molecule has 4 aromatic rings. The average Bonchev–Trinajstić information content (AvgIpc) is 3.64. The van der Waals surface area contributed by atoms with Gasteiger partial charge in [-0.05, 0) is 17.4 Å². The summed E-state index contributed by atoms with van der Waals surface area (Å²) in [5.41, 5.74) is 12.5. The predicted molar refractivity (Wildman–Crippen MR) is 180 cm³/mol. The van der Waals surface area contributed by atoms with Crippen LogP contribution < -0.4 is 24.8 Å². The SMILES string of the molecule is CC(C)(C)c1c[c-]c2c(c1)-c1cc(C(C)(C)C)ccc1C2.Cc1ccccc1C1(Cl)C=CC([CH]=[Zr+2])=CC1.[Cl-].[Cl-].c1cc[cH-]c1. The fourth-order valence-corrected chi connectivity index (χ4v) is 6.16. The molecule has 4 heteroatoms. The zero-order chi connectivity index (χ0) is 30.5. The molecular weight excluding hydrogens is 678 g/mol. The number of hydrogen-bond acceptors (Lipinski definition) is 0. The van der Waals surface area contributed by atoms with Crippen LogP contribution in [0.15, 0.2) is 109 Å². The molecule has 0 saturated heterocycles. The molecule has 0 nitrogen and oxygen atoms in total. The van der Waals surface area contributed by atoms with E-state index >= 15 is 0 Å². The van der Waals surface area contributed by atoms with Crippen molar-refractivity contribution in [2.24, 2.45) is 0 Å². The van der Waals surface area contributed by atoms with Crippen LogP contribution in [0.3, 0.4) is 0 Å². The summed E-state index contributed by atoms with van der Waals surface area (Å²) in [5, 5.41) is 0. The molecule has 4 aromatic carbocycles. The van der Waals surface area contributed by atoms with E-state index in [9.17, 15) is 0 Å². The second-order valence-corrected chi connectivity index (χ2v) is 14.7. The van der Waals surface area contributed by atoms with Crippen LogP contribution >= 0.6 is 11.6 Å². The van der Waals surface area contributed by atoms with E-state index in [2.05, 4.69) is 131 Å². The Kier molecular flexibility index (Phi) is 14.0. The van der Waals surface area contributed by atoms with Gasteiger partial charge >= 0.3 is 117 Å². The van der Waals surface area contributed by atoms with Crippen LogP contribution in [-0.4, -0.2) is 3.71 Å². The van der Waals surface area contributed by atoms with E-state index in [1.807, 2.05) is 30.3 Å². The monoisotopic (exact) mass is 718 g/mol. The maximum absolute atomic E-state index is 6.69. The largest absolute Gasteiger partial charge is 1.00 e. The van der Waals surface area contributed by atoms with Crippen molar-refractivity contribution in [1.82, 2.24) is 0 Å². The zero-order valence-electron chi connectivity index (χ0n) is 26.9. The summed E-state index contributed by atoms with van der Waals surface area (Å²) < 4.78 is 2.19. The first-order valence-corrected chi connectivity index (χ1v) is 16.6. The Hall–Kier alpha value is -1.89. The molecule has 0 heterocycles. The third-order valence-electron chi connectivity index (χ3n) is 8.02. The van der Waals surface area contributed by atoms with Crippen LogP contribution in [0.25, 0.3) is 11.1 Å². The van der Waals surface area contributed by atoms with E-state index in [4.69, 9.17) is 11.6 Å². The van der Waals surface area contributed by atoms with Gasteiger partial charge in [0.15, 0.2) is 0 Å². The molecule has 2 aliphatic rings. The first kappa shape index (κ1) is 38.3. The Morgan fingerprint density at radius 3 is 2.02 bits per heavy atom. The molecule has 6 rings (SSSR count).